The Hall–Kier alpha value is -4.18. The van der Waals surface area contributed by atoms with Crippen LogP contribution in [-0.2, 0) is 4.74 Å². The number of unbranched alkanes of at least 4 members (excludes halogenated alkanes) is 2. The van der Waals surface area contributed by atoms with Gasteiger partial charge in [-0.05, 0) is 63.6 Å². The Morgan fingerprint density at radius 2 is 1.62 bits per heavy atom. The van der Waals surface area contributed by atoms with Gasteiger partial charge in [-0.1, -0.05) is 19.8 Å². The molecule has 214 valence electrons. The third-order valence-electron chi connectivity index (χ3n) is 6.15. The van der Waals surface area contributed by atoms with Gasteiger partial charge in [-0.25, -0.2) is 14.6 Å². The molecule has 0 bridgehead atoms. The highest BCUT2D eigenvalue weighted by molar-refractivity contribution is 6.10. The third-order valence-corrected chi connectivity index (χ3v) is 6.15. The van der Waals surface area contributed by atoms with Gasteiger partial charge < -0.3 is 29.0 Å². The van der Waals surface area contributed by atoms with Crippen molar-refractivity contribution < 1.29 is 33.7 Å². The molecule has 0 aromatic heterocycles. The quantitative estimate of drug-likeness (QED) is 0.162. The highest BCUT2D eigenvalue weighted by Crippen LogP contribution is 2.31. The molecule has 0 aliphatic carbocycles. The van der Waals surface area contributed by atoms with Gasteiger partial charge in [-0.2, -0.15) is 4.48 Å². The van der Waals surface area contributed by atoms with Crippen molar-refractivity contribution >= 4 is 29.7 Å². The number of benzene rings is 2. The summed E-state index contributed by atoms with van der Waals surface area (Å²) in [5.74, 6) is 0.637. The molecule has 2 amide bonds. The van der Waals surface area contributed by atoms with Crippen molar-refractivity contribution in [1.29, 1.82) is 0 Å². The van der Waals surface area contributed by atoms with Crippen LogP contribution in [0.25, 0.3) is 0 Å². The lowest BCUT2D eigenvalue weighted by Crippen LogP contribution is -2.59. The fourth-order valence-electron chi connectivity index (χ4n) is 3.99. The van der Waals surface area contributed by atoms with E-state index >= 15 is 0 Å². The van der Waals surface area contributed by atoms with Crippen LogP contribution in [0.1, 0.15) is 63.7 Å². The molecule has 1 unspecified atom stereocenters. The maximum absolute atomic E-state index is 12.6. The second-order valence-electron chi connectivity index (χ2n) is 10.4. The number of carboxylic acid groups (broad SMARTS) is 1. The Labute approximate surface area is 235 Å². The van der Waals surface area contributed by atoms with Gasteiger partial charge in [-0.15, -0.1) is 0 Å². The normalized spacial score (nSPS) is 16.3. The van der Waals surface area contributed by atoms with Gasteiger partial charge >= 0.3 is 12.1 Å². The fourth-order valence-corrected chi connectivity index (χ4v) is 3.99. The third kappa shape index (κ3) is 7.69. The molecule has 0 radical (unpaired) electrons. The summed E-state index contributed by atoms with van der Waals surface area (Å²) in [6.07, 6.45) is 4.20. The smallest absolute Gasteiger partial charge is 0.410 e. The molecule has 1 heterocycles. The Morgan fingerprint density at radius 3 is 2.23 bits per heavy atom. The Kier molecular flexibility index (Phi) is 10.1. The molecule has 10 heteroatoms. The fraction of sp³-hybridized carbons (Fsp3) is 0.400. The van der Waals surface area contributed by atoms with Gasteiger partial charge in [0.25, 0.3) is 6.09 Å². The SMILES string of the molecule is CCCCCOc1ccc(C(=O)Oc2ccc([N+]3(C(=O)[O-])C=CN=C3CCN(C)C(=O)OC(C)(C)C)cc2)cc1. The van der Waals surface area contributed by atoms with E-state index in [0.29, 0.717) is 23.6 Å². The predicted molar refractivity (Wildman–Crippen MR) is 150 cm³/mol. The van der Waals surface area contributed by atoms with Crippen LogP contribution >= 0.6 is 0 Å². The van der Waals surface area contributed by atoms with Crippen molar-refractivity contribution in [3.05, 3.63) is 66.5 Å². The lowest BCUT2D eigenvalue weighted by Gasteiger charge is -2.32. The molecular weight excluding hydrogens is 514 g/mol. The van der Waals surface area contributed by atoms with E-state index in [1.54, 1.807) is 52.1 Å². The number of amidine groups is 1. The summed E-state index contributed by atoms with van der Waals surface area (Å²) in [6, 6.07) is 12.8. The van der Waals surface area contributed by atoms with Crippen molar-refractivity contribution in [2.24, 2.45) is 4.99 Å². The van der Waals surface area contributed by atoms with Crippen molar-refractivity contribution in [3.63, 3.8) is 0 Å². The van der Waals surface area contributed by atoms with Crippen molar-refractivity contribution in [2.45, 2.75) is 59.0 Å². The van der Waals surface area contributed by atoms with Crippen molar-refractivity contribution in [3.8, 4) is 11.5 Å². The van der Waals surface area contributed by atoms with Crippen LogP contribution in [0.3, 0.4) is 0 Å². The van der Waals surface area contributed by atoms with Crippen molar-refractivity contribution in [1.82, 2.24) is 9.38 Å². The first-order valence-electron chi connectivity index (χ1n) is 13.3. The number of esters is 1. The minimum Gasteiger partial charge on any atom is -0.497 e. The minimum atomic E-state index is -1.41. The number of hydrogen-bond donors (Lipinski definition) is 0. The molecule has 10 nitrogen and oxygen atoms in total. The summed E-state index contributed by atoms with van der Waals surface area (Å²) in [5.41, 5.74) is 0.0329. The van der Waals surface area contributed by atoms with Gasteiger partial charge in [-0.3, -0.25) is 0 Å². The van der Waals surface area contributed by atoms with Crippen LogP contribution in [0.5, 0.6) is 11.5 Å². The van der Waals surface area contributed by atoms with Gasteiger partial charge in [0.2, 0.25) is 5.84 Å². The van der Waals surface area contributed by atoms with E-state index < -0.39 is 28.2 Å². The van der Waals surface area contributed by atoms with E-state index in [-0.39, 0.29) is 24.6 Å². The van der Waals surface area contributed by atoms with Crippen LogP contribution < -0.4 is 19.1 Å². The largest absolute Gasteiger partial charge is 0.497 e. The standard InChI is InChI=1S/C30H37N3O7/c1-6-7-8-21-38-24-13-9-22(10-14-24)27(34)39-25-15-11-23(12-16-25)33(29(36)37)20-18-31-26(33)17-19-32(5)28(35)40-30(2,3)4/h9-16,18,20H,6-8,17,19,21H2,1-5H3. The first-order chi connectivity index (χ1) is 19.0. The Bertz CT molecular complexity index is 1250. The second-order valence-corrected chi connectivity index (χ2v) is 10.4. The molecule has 0 saturated heterocycles. The predicted octanol–water partition coefficient (Wildman–Crippen LogP) is 5.27. The van der Waals surface area contributed by atoms with Gasteiger partial charge in [0.1, 0.15) is 29.0 Å². The molecule has 0 saturated carbocycles. The number of quaternary nitrogens is 1. The molecule has 2 aromatic carbocycles. The zero-order valence-corrected chi connectivity index (χ0v) is 23.7. The monoisotopic (exact) mass is 551 g/mol. The molecular formula is C30H37N3O7. The molecule has 0 spiro atoms. The van der Waals surface area contributed by atoms with E-state index in [1.807, 2.05) is 0 Å². The summed E-state index contributed by atoms with van der Waals surface area (Å²) in [7, 11) is 1.57. The number of nitrogens with zero attached hydrogens (tertiary/aromatic N) is 3. The summed E-state index contributed by atoms with van der Waals surface area (Å²) >= 11 is 0. The van der Waals surface area contributed by atoms with Crippen LogP contribution in [0.2, 0.25) is 0 Å². The van der Waals surface area contributed by atoms with E-state index in [0.717, 1.165) is 19.3 Å². The maximum Gasteiger partial charge on any atom is 0.410 e. The first-order valence-corrected chi connectivity index (χ1v) is 13.3. The highest BCUT2D eigenvalue weighted by Gasteiger charge is 2.41. The minimum absolute atomic E-state index is 0.159. The summed E-state index contributed by atoms with van der Waals surface area (Å²) in [5, 5.41) is 12.4. The van der Waals surface area contributed by atoms with Gasteiger partial charge in [0, 0.05) is 25.7 Å². The van der Waals surface area contributed by atoms with E-state index in [4.69, 9.17) is 14.2 Å². The molecule has 1 atom stereocenters. The lowest BCUT2D eigenvalue weighted by molar-refractivity contribution is -0.257. The number of amides is 2. The van der Waals surface area contributed by atoms with Crippen molar-refractivity contribution in [2.75, 3.05) is 20.2 Å². The molecule has 40 heavy (non-hydrogen) atoms. The summed E-state index contributed by atoms with van der Waals surface area (Å²) in [6.45, 7) is 8.23. The van der Waals surface area contributed by atoms with Gasteiger partial charge in [0.15, 0.2) is 0 Å². The highest BCUT2D eigenvalue weighted by atomic mass is 16.6. The molecule has 1 aliphatic rings. The molecule has 0 fully saturated rings. The molecule has 3 rings (SSSR count). The van der Waals surface area contributed by atoms with Crippen LogP contribution in [0.15, 0.2) is 65.9 Å². The van der Waals surface area contributed by atoms with E-state index in [1.165, 1.54) is 41.6 Å². The zero-order chi connectivity index (χ0) is 29.3. The average Bonchev–Trinajstić information content (AvgIpc) is 3.34. The number of carbonyl (C=O) groups excluding carboxylic acids is 3. The first kappa shape index (κ1) is 30.4. The van der Waals surface area contributed by atoms with Crippen LogP contribution in [0, 0.1) is 0 Å². The van der Waals surface area contributed by atoms with E-state index in [9.17, 15) is 19.5 Å². The molecule has 2 aromatic rings. The summed E-state index contributed by atoms with van der Waals surface area (Å²) in [4.78, 5) is 43.0. The number of carbonyl (C=O) groups is 3. The number of ether oxygens (including phenoxy) is 3. The second kappa shape index (κ2) is 13.3. The average molecular weight is 552 g/mol. The maximum atomic E-state index is 12.6. The topological polar surface area (TPSA) is 118 Å². The molecule has 1 aliphatic heterocycles. The zero-order valence-electron chi connectivity index (χ0n) is 23.7. The van der Waals surface area contributed by atoms with Gasteiger partial charge in [0.05, 0.1) is 24.8 Å². The molecule has 0 N–H and O–H groups in total. The number of hydrogen-bond acceptors (Lipinski definition) is 8. The van der Waals surface area contributed by atoms with Crippen LogP contribution in [0.4, 0.5) is 15.3 Å². The number of aliphatic imine (C=N–C) groups is 1. The Balaban J connectivity index is 1.65. The van der Waals surface area contributed by atoms with E-state index in [2.05, 4.69) is 11.9 Å². The Morgan fingerprint density at radius 1 is 0.975 bits per heavy atom. The number of rotatable bonds is 11. The van der Waals surface area contributed by atoms with Crippen LogP contribution in [-0.4, -0.2) is 54.7 Å². The summed E-state index contributed by atoms with van der Waals surface area (Å²) < 4.78 is 15.7. The lowest BCUT2D eigenvalue weighted by atomic mass is 10.2.